The maximum atomic E-state index is 12.4. The Bertz CT molecular complexity index is 909. The van der Waals surface area contributed by atoms with Crippen molar-refractivity contribution in [1.82, 2.24) is 10.4 Å². The molecule has 2 heterocycles. The van der Waals surface area contributed by atoms with Crippen LogP contribution in [0.1, 0.15) is 15.2 Å². The second-order valence-corrected chi connectivity index (χ2v) is 7.44. The zero-order chi connectivity index (χ0) is 18.0. The van der Waals surface area contributed by atoms with E-state index in [1.54, 1.807) is 6.08 Å². The molecule has 1 aromatic carbocycles. The summed E-state index contributed by atoms with van der Waals surface area (Å²) in [6, 6.07) is 8.95. The molecule has 0 unspecified atom stereocenters. The largest absolute Gasteiger partial charge is 0.285 e. The average Bonchev–Trinajstić information content (AvgIpc) is 3.19. The smallest absolute Gasteiger partial charge is 0.267 e. The van der Waals surface area contributed by atoms with Crippen molar-refractivity contribution in [3.8, 4) is 0 Å². The monoisotopic (exact) mass is 391 g/mol. The Morgan fingerprint density at radius 1 is 1.32 bits per heavy atom. The number of thiophene rings is 1. The molecule has 1 aliphatic heterocycles. The van der Waals surface area contributed by atoms with E-state index in [0.717, 1.165) is 27.7 Å². The van der Waals surface area contributed by atoms with E-state index < -0.39 is 16.7 Å². The second kappa shape index (κ2) is 7.13. The number of nitro groups is 1. The van der Waals surface area contributed by atoms with Crippen LogP contribution >= 0.6 is 35.3 Å². The number of hydrazine groups is 1. The number of benzene rings is 1. The van der Waals surface area contributed by atoms with E-state index in [-0.39, 0.29) is 15.6 Å². The van der Waals surface area contributed by atoms with Gasteiger partial charge >= 0.3 is 0 Å². The first-order valence-electron chi connectivity index (χ1n) is 6.82. The van der Waals surface area contributed by atoms with Crippen LogP contribution in [0.3, 0.4) is 0 Å². The molecule has 0 saturated carbocycles. The molecular formula is C15H9N3O4S3. The van der Waals surface area contributed by atoms with Gasteiger partial charge in [-0.3, -0.25) is 25.1 Å². The van der Waals surface area contributed by atoms with Gasteiger partial charge in [-0.05, 0) is 35.8 Å². The van der Waals surface area contributed by atoms with Crippen molar-refractivity contribution in [2.45, 2.75) is 0 Å². The van der Waals surface area contributed by atoms with Gasteiger partial charge in [0, 0.05) is 22.6 Å². The lowest BCUT2D eigenvalue weighted by Crippen LogP contribution is -2.44. The zero-order valence-electron chi connectivity index (χ0n) is 12.4. The quantitative estimate of drug-likeness (QED) is 0.372. The fourth-order valence-corrected chi connectivity index (χ4v) is 3.90. The standard InChI is InChI=1S/C15H9N3O4S3/c19-13(9-3-1-4-10(7-9)18(21)22)16-17-14(20)12(25-15(17)23)8-11-5-2-6-24-11/h1-8H,(H,16,19)/b12-8+. The minimum atomic E-state index is -0.655. The molecule has 1 fully saturated rings. The van der Waals surface area contributed by atoms with E-state index in [9.17, 15) is 19.7 Å². The SMILES string of the molecule is O=C(NN1C(=O)/C(=C\c2cccs2)SC1=S)c1cccc([N+](=O)[O-])c1. The van der Waals surface area contributed by atoms with Crippen LogP contribution in [0.15, 0.2) is 46.7 Å². The van der Waals surface area contributed by atoms with Crippen molar-refractivity contribution in [1.29, 1.82) is 0 Å². The van der Waals surface area contributed by atoms with Crippen molar-refractivity contribution in [3.63, 3.8) is 0 Å². The third kappa shape index (κ3) is 3.76. The molecule has 0 bridgehead atoms. The van der Waals surface area contributed by atoms with Crippen LogP contribution in [-0.2, 0) is 4.79 Å². The lowest BCUT2D eigenvalue weighted by Gasteiger charge is -2.15. The van der Waals surface area contributed by atoms with Crippen molar-refractivity contribution < 1.29 is 14.5 Å². The summed E-state index contributed by atoms with van der Waals surface area (Å²) in [6.45, 7) is 0. The average molecular weight is 391 g/mol. The highest BCUT2D eigenvalue weighted by atomic mass is 32.2. The fourth-order valence-electron chi connectivity index (χ4n) is 1.99. The number of rotatable bonds is 4. The van der Waals surface area contributed by atoms with Gasteiger partial charge in [-0.1, -0.05) is 23.9 Å². The van der Waals surface area contributed by atoms with Gasteiger partial charge in [0.05, 0.1) is 9.83 Å². The number of thiocarbonyl (C=S) groups is 1. The van der Waals surface area contributed by atoms with Crippen LogP contribution in [0.5, 0.6) is 0 Å². The molecule has 3 rings (SSSR count). The molecule has 1 aliphatic rings. The summed E-state index contributed by atoms with van der Waals surface area (Å²) in [5, 5.41) is 13.7. The van der Waals surface area contributed by atoms with Crippen molar-refractivity contribution >= 4 is 63.2 Å². The molecule has 0 atom stereocenters. The zero-order valence-corrected chi connectivity index (χ0v) is 14.8. The second-order valence-electron chi connectivity index (χ2n) is 4.78. The van der Waals surface area contributed by atoms with Crippen molar-refractivity contribution in [3.05, 3.63) is 67.2 Å². The van der Waals surface area contributed by atoms with Crippen LogP contribution in [0, 0.1) is 10.1 Å². The number of hydrogen-bond donors (Lipinski definition) is 1. The number of nitro benzene ring substituents is 1. The molecule has 1 saturated heterocycles. The number of amides is 2. The van der Waals surface area contributed by atoms with Gasteiger partial charge in [-0.15, -0.1) is 11.3 Å². The van der Waals surface area contributed by atoms with Crippen LogP contribution in [-0.4, -0.2) is 26.1 Å². The van der Waals surface area contributed by atoms with Gasteiger partial charge in [0.1, 0.15) is 0 Å². The van der Waals surface area contributed by atoms with Gasteiger partial charge < -0.3 is 0 Å². The number of non-ortho nitro benzene ring substituents is 1. The van der Waals surface area contributed by atoms with E-state index in [0.29, 0.717) is 4.91 Å². The predicted molar refractivity (Wildman–Crippen MR) is 99.9 cm³/mol. The minimum Gasteiger partial charge on any atom is -0.267 e. The Morgan fingerprint density at radius 2 is 2.12 bits per heavy atom. The van der Waals surface area contributed by atoms with Gasteiger partial charge in [-0.2, -0.15) is 5.01 Å². The first-order chi connectivity index (χ1) is 12.0. The Morgan fingerprint density at radius 3 is 2.80 bits per heavy atom. The highest BCUT2D eigenvalue weighted by Gasteiger charge is 2.34. The Kier molecular flexibility index (Phi) is 4.93. The lowest BCUT2D eigenvalue weighted by molar-refractivity contribution is -0.384. The molecular weight excluding hydrogens is 382 g/mol. The molecule has 7 nitrogen and oxygen atoms in total. The maximum absolute atomic E-state index is 12.4. The van der Waals surface area contributed by atoms with Crippen LogP contribution in [0.25, 0.3) is 6.08 Å². The molecule has 2 aromatic rings. The molecule has 0 spiro atoms. The summed E-state index contributed by atoms with van der Waals surface area (Å²) in [4.78, 5) is 36.2. The Balaban J connectivity index is 1.77. The third-order valence-corrected chi connectivity index (χ3v) is 5.26. The summed E-state index contributed by atoms with van der Waals surface area (Å²) < 4.78 is 0.187. The molecule has 0 aliphatic carbocycles. The van der Waals surface area contributed by atoms with Crippen LogP contribution in [0.2, 0.25) is 0 Å². The molecule has 25 heavy (non-hydrogen) atoms. The Hall–Kier alpha value is -2.56. The maximum Gasteiger partial charge on any atom is 0.285 e. The van der Waals surface area contributed by atoms with Crippen LogP contribution < -0.4 is 5.43 Å². The summed E-state index contributed by atoms with van der Waals surface area (Å²) in [6.07, 6.45) is 1.70. The molecule has 10 heteroatoms. The molecule has 2 amide bonds. The molecule has 1 aromatic heterocycles. The molecule has 0 radical (unpaired) electrons. The van der Waals surface area contributed by atoms with E-state index >= 15 is 0 Å². The van der Waals surface area contributed by atoms with E-state index in [2.05, 4.69) is 5.43 Å². The topological polar surface area (TPSA) is 92.6 Å². The first-order valence-corrected chi connectivity index (χ1v) is 8.93. The number of hydrogen-bond acceptors (Lipinski definition) is 7. The number of nitrogens with one attached hydrogen (secondary N) is 1. The van der Waals surface area contributed by atoms with Gasteiger partial charge in [0.2, 0.25) is 0 Å². The highest BCUT2D eigenvalue weighted by Crippen LogP contribution is 2.32. The van der Waals surface area contributed by atoms with Gasteiger partial charge in [-0.25, -0.2) is 0 Å². The number of carbonyl (C=O) groups excluding carboxylic acids is 2. The summed E-state index contributed by atoms with van der Waals surface area (Å²) in [5.41, 5.74) is 2.24. The third-order valence-electron chi connectivity index (χ3n) is 3.14. The molecule has 1 N–H and O–H groups in total. The number of carbonyl (C=O) groups is 2. The summed E-state index contributed by atoms with van der Waals surface area (Å²) in [7, 11) is 0. The first kappa shape index (κ1) is 17.3. The Labute approximate surface area is 155 Å². The summed E-state index contributed by atoms with van der Waals surface area (Å²) in [5.74, 6) is -1.10. The van der Waals surface area contributed by atoms with Gasteiger partial charge in [0.15, 0.2) is 4.32 Å². The van der Waals surface area contributed by atoms with Gasteiger partial charge in [0.25, 0.3) is 17.5 Å². The normalized spacial score (nSPS) is 15.7. The minimum absolute atomic E-state index is 0.0606. The predicted octanol–water partition coefficient (Wildman–Crippen LogP) is 3.20. The van der Waals surface area contributed by atoms with Crippen molar-refractivity contribution in [2.75, 3.05) is 0 Å². The number of thioether (sulfide) groups is 1. The highest BCUT2D eigenvalue weighted by molar-refractivity contribution is 8.26. The van der Waals surface area contributed by atoms with Crippen molar-refractivity contribution in [2.24, 2.45) is 0 Å². The summed E-state index contributed by atoms with van der Waals surface area (Å²) >= 11 is 7.69. The van der Waals surface area contributed by atoms with E-state index in [1.807, 2.05) is 17.5 Å². The fraction of sp³-hybridized carbons (Fsp3) is 0. The van der Waals surface area contributed by atoms with Crippen LogP contribution in [0.4, 0.5) is 5.69 Å². The lowest BCUT2D eigenvalue weighted by atomic mass is 10.2. The van der Waals surface area contributed by atoms with E-state index in [1.165, 1.54) is 29.5 Å². The number of nitrogens with zero attached hydrogens (tertiary/aromatic N) is 2. The van der Waals surface area contributed by atoms with E-state index in [4.69, 9.17) is 12.2 Å². The molecule has 126 valence electrons.